The van der Waals surface area contributed by atoms with Crippen molar-refractivity contribution >= 4 is 17.5 Å². The van der Waals surface area contributed by atoms with Crippen LogP contribution in [0.4, 0.5) is 5.69 Å². The molecule has 2 aliphatic rings. The Labute approximate surface area is 189 Å². The zero-order chi connectivity index (χ0) is 22.9. The van der Waals surface area contributed by atoms with Crippen molar-refractivity contribution in [3.63, 3.8) is 0 Å². The first kappa shape index (κ1) is 24.0. The molecular weight excluding hydrogens is 408 g/mol. The summed E-state index contributed by atoms with van der Waals surface area (Å²) in [6.07, 6.45) is 5.13. The smallest absolute Gasteiger partial charge is 0.255 e. The summed E-state index contributed by atoms with van der Waals surface area (Å²) >= 11 is 0. The lowest BCUT2D eigenvalue weighted by Gasteiger charge is -2.37. The van der Waals surface area contributed by atoms with Crippen LogP contribution in [-0.2, 0) is 9.59 Å². The first-order valence-electron chi connectivity index (χ1n) is 11.3. The second kappa shape index (κ2) is 11.8. The minimum atomic E-state index is -1.55. The summed E-state index contributed by atoms with van der Waals surface area (Å²) in [6, 6.07) is 9.98. The largest absolute Gasteiger partial charge is 0.379 e. The van der Waals surface area contributed by atoms with Crippen molar-refractivity contribution in [3.8, 4) is 0 Å². The van der Waals surface area contributed by atoms with Gasteiger partial charge in [-0.3, -0.25) is 14.9 Å². The SMILES string of the molecule is CC(C(=O)NCCNC(O)[C@@H](O)C(=O)N1CCN(c2ccccc2)CC1)C1=CCCC=C1. The fraction of sp³-hybridized carbons (Fsp3) is 0.500. The van der Waals surface area contributed by atoms with Crippen molar-refractivity contribution in [1.29, 1.82) is 0 Å². The summed E-state index contributed by atoms with van der Waals surface area (Å²) in [5.74, 6) is -0.823. The van der Waals surface area contributed by atoms with E-state index in [0.29, 0.717) is 26.2 Å². The Morgan fingerprint density at radius 2 is 1.75 bits per heavy atom. The number of aliphatic hydroxyl groups excluding tert-OH is 2. The Hall–Kier alpha value is -2.68. The van der Waals surface area contributed by atoms with E-state index < -0.39 is 18.2 Å². The minimum Gasteiger partial charge on any atom is -0.379 e. The molecule has 2 unspecified atom stereocenters. The number of rotatable bonds is 9. The molecule has 32 heavy (non-hydrogen) atoms. The van der Waals surface area contributed by atoms with Crippen LogP contribution >= 0.6 is 0 Å². The Balaban J connectivity index is 1.35. The number of allylic oxidation sites excluding steroid dienone is 3. The summed E-state index contributed by atoms with van der Waals surface area (Å²) in [5.41, 5.74) is 2.11. The third kappa shape index (κ3) is 6.41. The molecule has 1 aliphatic carbocycles. The molecule has 1 aromatic rings. The maximum absolute atomic E-state index is 12.6. The van der Waals surface area contributed by atoms with Gasteiger partial charge in [0.25, 0.3) is 5.91 Å². The average Bonchev–Trinajstić information content (AvgIpc) is 2.86. The summed E-state index contributed by atoms with van der Waals surface area (Å²) in [7, 11) is 0. The van der Waals surface area contributed by atoms with Gasteiger partial charge in [0.1, 0.15) is 6.23 Å². The third-order valence-corrected chi connectivity index (χ3v) is 5.96. The standard InChI is InChI=1S/C24H34N4O4/c1-18(19-8-4-2-5-9-19)22(30)25-12-13-26-23(31)21(29)24(32)28-16-14-27(15-17-28)20-10-6-3-7-11-20/h3-4,6-11,18,21,23,26,29,31H,2,5,12-17H2,1H3,(H,25,30)/t18?,21-,23?/m1/s1. The van der Waals surface area contributed by atoms with Crippen LogP contribution in [0.25, 0.3) is 0 Å². The van der Waals surface area contributed by atoms with Crippen molar-refractivity contribution in [2.45, 2.75) is 32.1 Å². The molecule has 0 aromatic heterocycles. The lowest BCUT2D eigenvalue weighted by atomic mass is 9.95. The molecule has 2 amide bonds. The highest BCUT2D eigenvalue weighted by molar-refractivity contribution is 5.82. The van der Waals surface area contributed by atoms with E-state index >= 15 is 0 Å². The average molecular weight is 443 g/mol. The van der Waals surface area contributed by atoms with Crippen LogP contribution < -0.4 is 15.5 Å². The topological polar surface area (TPSA) is 105 Å². The molecule has 4 N–H and O–H groups in total. The van der Waals surface area contributed by atoms with E-state index in [1.807, 2.05) is 43.3 Å². The molecule has 1 aliphatic heterocycles. The second-order valence-corrected chi connectivity index (χ2v) is 8.19. The molecule has 1 fully saturated rings. The van der Waals surface area contributed by atoms with Crippen LogP contribution in [0.15, 0.2) is 54.1 Å². The number of para-hydroxylation sites is 1. The summed E-state index contributed by atoms with van der Waals surface area (Å²) in [5, 5.41) is 26.0. The molecule has 0 saturated carbocycles. The third-order valence-electron chi connectivity index (χ3n) is 5.96. The Morgan fingerprint density at radius 1 is 1.03 bits per heavy atom. The molecule has 1 saturated heterocycles. The fourth-order valence-corrected chi connectivity index (χ4v) is 3.92. The van der Waals surface area contributed by atoms with Crippen LogP contribution in [0.2, 0.25) is 0 Å². The summed E-state index contributed by atoms with van der Waals surface area (Å²) < 4.78 is 0. The lowest BCUT2D eigenvalue weighted by Crippen LogP contribution is -2.56. The van der Waals surface area contributed by atoms with Crippen molar-refractivity contribution in [2.24, 2.45) is 5.92 Å². The molecule has 3 atom stereocenters. The van der Waals surface area contributed by atoms with E-state index in [1.54, 1.807) is 4.90 Å². The molecule has 3 rings (SSSR count). The van der Waals surface area contributed by atoms with Gasteiger partial charge in [0.2, 0.25) is 5.91 Å². The first-order chi connectivity index (χ1) is 15.5. The molecule has 1 heterocycles. The van der Waals surface area contributed by atoms with Gasteiger partial charge in [-0.15, -0.1) is 0 Å². The molecule has 8 heteroatoms. The maximum Gasteiger partial charge on any atom is 0.255 e. The summed E-state index contributed by atoms with van der Waals surface area (Å²) in [6.45, 7) is 4.68. The molecule has 0 radical (unpaired) electrons. The van der Waals surface area contributed by atoms with Crippen LogP contribution in [0, 0.1) is 5.92 Å². The Kier molecular flexibility index (Phi) is 8.84. The van der Waals surface area contributed by atoms with Crippen molar-refractivity contribution < 1.29 is 19.8 Å². The van der Waals surface area contributed by atoms with Gasteiger partial charge in [-0.05, 0) is 37.5 Å². The van der Waals surface area contributed by atoms with Crippen LogP contribution in [-0.4, -0.2) is 78.5 Å². The molecule has 1 aromatic carbocycles. The van der Waals surface area contributed by atoms with E-state index in [-0.39, 0.29) is 24.9 Å². The van der Waals surface area contributed by atoms with E-state index in [9.17, 15) is 19.8 Å². The van der Waals surface area contributed by atoms with Crippen LogP contribution in [0.1, 0.15) is 19.8 Å². The van der Waals surface area contributed by atoms with Gasteiger partial charge >= 0.3 is 0 Å². The quantitative estimate of drug-likeness (QED) is 0.330. The number of anilines is 1. The second-order valence-electron chi connectivity index (χ2n) is 8.19. The van der Waals surface area contributed by atoms with Gasteiger partial charge in [-0.2, -0.15) is 0 Å². The number of hydrogen-bond donors (Lipinski definition) is 4. The van der Waals surface area contributed by atoms with Gasteiger partial charge in [0, 0.05) is 45.0 Å². The fourth-order valence-electron chi connectivity index (χ4n) is 3.92. The number of piperazine rings is 1. The Bertz CT molecular complexity index is 819. The number of aliphatic hydroxyl groups is 2. The molecule has 174 valence electrons. The van der Waals surface area contributed by atoms with Crippen molar-refractivity contribution in [3.05, 3.63) is 54.1 Å². The van der Waals surface area contributed by atoms with E-state index in [2.05, 4.69) is 27.7 Å². The van der Waals surface area contributed by atoms with Crippen LogP contribution in [0.5, 0.6) is 0 Å². The number of nitrogens with one attached hydrogen (secondary N) is 2. The minimum absolute atomic E-state index is 0.0907. The van der Waals surface area contributed by atoms with Gasteiger partial charge in [0.05, 0.1) is 5.92 Å². The lowest BCUT2D eigenvalue weighted by molar-refractivity contribution is -0.147. The molecular formula is C24H34N4O4. The molecule has 8 nitrogen and oxygen atoms in total. The Morgan fingerprint density at radius 3 is 2.41 bits per heavy atom. The highest BCUT2D eigenvalue weighted by atomic mass is 16.3. The predicted molar refractivity (Wildman–Crippen MR) is 124 cm³/mol. The van der Waals surface area contributed by atoms with E-state index in [0.717, 1.165) is 24.1 Å². The normalized spacial score (nSPS) is 19.2. The summed E-state index contributed by atoms with van der Waals surface area (Å²) in [4.78, 5) is 28.6. The van der Waals surface area contributed by atoms with Gasteiger partial charge < -0.3 is 25.3 Å². The number of carbonyl (C=O) groups excluding carboxylic acids is 2. The molecule has 0 bridgehead atoms. The highest BCUT2D eigenvalue weighted by Gasteiger charge is 2.30. The van der Waals surface area contributed by atoms with E-state index in [1.165, 1.54) is 0 Å². The van der Waals surface area contributed by atoms with E-state index in [4.69, 9.17) is 0 Å². The van der Waals surface area contributed by atoms with Crippen molar-refractivity contribution in [2.75, 3.05) is 44.2 Å². The van der Waals surface area contributed by atoms with Crippen molar-refractivity contribution in [1.82, 2.24) is 15.5 Å². The first-order valence-corrected chi connectivity index (χ1v) is 11.3. The predicted octanol–water partition coefficient (Wildman–Crippen LogP) is 0.633. The zero-order valence-electron chi connectivity index (χ0n) is 18.6. The number of amides is 2. The zero-order valence-corrected chi connectivity index (χ0v) is 18.6. The number of nitrogens with zero attached hydrogens (tertiary/aromatic N) is 2. The monoisotopic (exact) mass is 442 g/mol. The van der Waals surface area contributed by atoms with Gasteiger partial charge in [0.15, 0.2) is 6.10 Å². The van der Waals surface area contributed by atoms with Gasteiger partial charge in [-0.25, -0.2) is 0 Å². The number of carbonyl (C=O) groups is 2. The highest BCUT2D eigenvalue weighted by Crippen LogP contribution is 2.18. The van der Waals surface area contributed by atoms with Gasteiger partial charge in [-0.1, -0.05) is 36.4 Å². The number of benzene rings is 1. The molecule has 0 spiro atoms. The van der Waals surface area contributed by atoms with Crippen LogP contribution in [0.3, 0.4) is 0 Å². The number of hydrogen-bond acceptors (Lipinski definition) is 6. The maximum atomic E-state index is 12.6.